The molecule has 74 valence electrons. The number of hydrogen-bond donors (Lipinski definition) is 2. The van der Waals surface area contributed by atoms with E-state index in [1.165, 1.54) is 16.8 Å². The monoisotopic (exact) mass is 202 g/mol. The fourth-order valence-corrected chi connectivity index (χ4v) is 1.33. The van der Waals surface area contributed by atoms with Gasteiger partial charge in [-0.1, -0.05) is 0 Å². The molecule has 0 unspecified atom stereocenters. The van der Waals surface area contributed by atoms with E-state index in [0.29, 0.717) is 11.5 Å². The van der Waals surface area contributed by atoms with Crippen LogP contribution in [0, 0.1) is 0 Å². The molecule has 2 N–H and O–H groups in total. The maximum absolute atomic E-state index is 10.8. The third-order valence-corrected chi connectivity index (χ3v) is 1.97. The molecular weight excluding hydrogens is 195 g/mol. The predicted molar refractivity (Wildman–Crippen MR) is 54.9 cm³/mol. The fourth-order valence-electron chi connectivity index (χ4n) is 1.33. The third-order valence-electron chi connectivity index (χ3n) is 1.97. The van der Waals surface area contributed by atoms with Gasteiger partial charge in [0.1, 0.15) is 7.85 Å². The molecule has 0 aromatic carbocycles. The molecule has 0 spiro atoms. The summed E-state index contributed by atoms with van der Waals surface area (Å²) in [6.07, 6.45) is 2.69. The molecule has 0 bridgehead atoms. The van der Waals surface area contributed by atoms with Crippen LogP contribution in [-0.2, 0) is 0 Å². The van der Waals surface area contributed by atoms with Gasteiger partial charge in [0.2, 0.25) is 0 Å². The highest BCUT2D eigenvalue weighted by Crippen LogP contribution is 2.12. The lowest BCUT2D eigenvalue weighted by molar-refractivity contribution is 0.0689. The number of carboxylic acids is 1. The normalized spacial score (nSPS) is 10.5. The molecule has 2 rings (SSSR count). The molecule has 6 nitrogen and oxygen atoms in total. The Labute approximate surface area is 86.4 Å². The van der Waals surface area contributed by atoms with E-state index in [-0.39, 0.29) is 11.3 Å². The van der Waals surface area contributed by atoms with Gasteiger partial charge >= 0.3 is 5.97 Å². The molecule has 7 heteroatoms. The van der Waals surface area contributed by atoms with Gasteiger partial charge in [0, 0.05) is 18.8 Å². The van der Waals surface area contributed by atoms with Crippen molar-refractivity contribution in [1.82, 2.24) is 14.4 Å². The zero-order chi connectivity index (χ0) is 11.0. The van der Waals surface area contributed by atoms with Crippen molar-refractivity contribution in [3.63, 3.8) is 0 Å². The van der Waals surface area contributed by atoms with Crippen molar-refractivity contribution in [2.45, 2.75) is 0 Å². The quantitative estimate of drug-likeness (QED) is 0.627. The van der Waals surface area contributed by atoms with E-state index >= 15 is 0 Å². The first kappa shape index (κ1) is 9.51. The number of nitrogens with zero attached hydrogens (tertiary/aromatic N) is 3. The first-order valence-corrected chi connectivity index (χ1v) is 4.18. The summed E-state index contributed by atoms with van der Waals surface area (Å²) >= 11 is 0. The standard InChI is InChI=1S/C8H7BN4O2/c1-10-6-7-11-2-4(8(14)15)13(7)3-5(9)12-6/h2-3H,1H3,(H,10,12)(H,14,15). The van der Waals surface area contributed by atoms with Crippen molar-refractivity contribution in [1.29, 1.82) is 0 Å². The lowest BCUT2D eigenvalue weighted by Gasteiger charge is -2.04. The van der Waals surface area contributed by atoms with Crippen molar-refractivity contribution >= 4 is 30.9 Å². The SMILES string of the molecule is [B]c1cn2c(C(=O)O)cnc2c(NC)n1. The molecular formula is C8H7BN4O2. The summed E-state index contributed by atoms with van der Waals surface area (Å²) in [5.74, 6) is -0.613. The second-order valence-electron chi connectivity index (χ2n) is 2.91. The van der Waals surface area contributed by atoms with Crippen LogP contribution in [0.3, 0.4) is 0 Å². The second-order valence-corrected chi connectivity index (χ2v) is 2.91. The summed E-state index contributed by atoms with van der Waals surface area (Å²) in [6.45, 7) is 0. The number of rotatable bonds is 2. The molecule has 2 aromatic heterocycles. The highest BCUT2D eigenvalue weighted by atomic mass is 16.4. The summed E-state index contributed by atoms with van der Waals surface area (Å²) in [7, 11) is 7.20. The van der Waals surface area contributed by atoms with Gasteiger partial charge in [0.15, 0.2) is 17.2 Å². The van der Waals surface area contributed by atoms with Gasteiger partial charge < -0.3 is 10.4 Å². The van der Waals surface area contributed by atoms with E-state index in [2.05, 4.69) is 15.3 Å². The number of carbonyl (C=O) groups is 1. The van der Waals surface area contributed by atoms with Crippen molar-refractivity contribution in [3.05, 3.63) is 18.1 Å². The minimum Gasteiger partial charge on any atom is -0.477 e. The fraction of sp³-hybridized carbons (Fsp3) is 0.125. The molecule has 0 atom stereocenters. The van der Waals surface area contributed by atoms with Crippen LogP contribution in [-0.4, -0.2) is 40.3 Å². The molecule has 0 saturated heterocycles. The van der Waals surface area contributed by atoms with Crippen LogP contribution in [0.2, 0.25) is 0 Å². The first-order valence-electron chi connectivity index (χ1n) is 4.18. The maximum atomic E-state index is 10.8. The lowest BCUT2D eigenvalue weighted by atomic mass is 10.1. The predicted octanol–water partition coefficient (Wildman–Crippen LogP) is -0.737. The van der Waals surface area contributed by atoms with Gasteiger partial charge in [-0.3, -0.25) is 4.40 Å². The van der Waals surface area contributed by atoms with E-state index < -0.39 is 5.97 Å². The number of nitrogens with one attached hydrogen (secondary N) is 1. The Morgan fingerprint density at radius 2 is 2.40 bits per heavy atom. The summed E-state index contributed by atoms with van der Waals surface area (Å²) in [5, 5.41) is 11.7. The van der Waals surface area contributed by atoms with Gasteiger partial charge in [-0.05, 0) is 0 Å². The second kappa shape index (κ2) is 3.27. The summed E-state index contributed by atoms with van der Waals surface area (Å²) in [6, 6.07) is 0. The third kappa shape index (κ3) is 1.41. The smallest absolute Gasteiger partial charge is 0.354 e. The molecule has 0 aliphatic carbocycles. The Balaban J connectivity index is 2.80. The molecule has 0 aliphatic heterocycles. The van der Waals surface area contributed by atoms with Crippen LogP contribution >= 0.6 is 0 Å². The molecule has 0 saturated carbocycles. The Morgan fingerprint density at radius 3 is 3.00 bits per heavy atom. The molecule has 0 fully saturated rings. The van der Waals surface area contributed by atoms with Gasteiger partial charge in [-0.15, -0.1) is 0 Å². The lowest BCUT2D eigenvalue weighted by Crippen LogP contribution is -2.15. The van der Waals surface area contributed by atoms with Crippen molar-refractivity contribution in [2.75, 3.05) is 12.4 Å². The average Bonchev–Trinajstić information content (AvgIpc) is 2.59. The van der Waals surface area contributed by atoms with Gasteiger partial charge in [0.25, 0.3) is 0 Å². The first-order chi connectivity index (χ1) is 7.13. The zero-order valence-electron chi connectivity index (χ0n) is 7.93. The van der Waals surface area contributed by atoms with Gasteiger partial charge in [-0.25, -0.2) is 14.8 Å². The number of aromatic carboxylic acids is 1. The number of aromatic nitrogens is 3. The summed E-state index contributed by atoms with van der Waals surface area (Å²) in [5.41, 5.74) is 0.715. The van der Waals surface area contributed by atoms with Crippen LogP contribution in [0.4, 0.5) is 5.82 Å². The number of fused-ring (bicyclic) bond motifs is 1. The number of carboxylic acid groups (broad SMARTS) is 1. The van der Waals surface area contributed by atoms with Crippen LogP contribution in [0.15, 0.2) is 12.4 Å². The van der Waals surface area contributed by atoms with Crippen molar-refractivity contribution < 1.29 is 9.90 Å². The number of hydrogen-bond acceptors (Lipinski definition) is 4. The van der Waals surface area contributed by atoms with Crippen molar-refractivity contribution in [3.8, 4) is 0 Å². The molecule has 2 heterocycles. The minimum absolute atomic E-state index is 0.0515. The van der Waals surface area contributed by atoms with Crippen molar-refractivity contribution in [2.24, 2.45) is 0 Å². The van der Waals surface area contributed by atoms with E-state index in [0.717, 1.165) is 0 Å². The molecule has 0 aliphatic rings. The Morgan fingerprint density at radius 1 is 1.67 bits per heavy atom. The Kier molecular flexibility index (Phi) is 2.07. The highest BCUT2D eigenvalue weighted by molar-refractivity contribution is 6.30. The zero-order valence-corrected chi connectivity index (χ0v) is 7.93. The van der Waals surface area contributed by atoms with Gasteiger partial charge in [-0.2, -0.15) is 0 Å². The van der Waals surface area contributed by atoms with Gasteiger partial charge in [0.05, 0.1) is 6.20 Å². The Hall–Kier alpha value is -2.05. The maximum Gasteiger partial charge on any atom is 0.354 e. The Bertz CT molecular complexity index is 537. The largest absolute Gasteiger partial charge is 0.477 e. The summed E-state index contributed by atoms with van der Waals surface area (Å²) < 4.78 is 1.39. The van der Waals surface area contributed by atoms with Crippen LogP contribution in [0.25, 0.3) is 5.65 Å². The van der Waals surface area contributed by atoms with E-state index in [9.17, 15) is 4.79 Å². The van der Waals surface area contributed by atoms with E-state index in [1.54, 1.807) is 7.05 Å². The topological polar surface area (TPSA) is 79.5 Å². The van der Waals surface area contributed by atoms with Crippen LogP contribution < -0.4 is 10.9 Å². The highest BCUT2D eigenvalue weighted by Gasteiger charge is 2.13. The molecule has 15 heavy (non-hydrogen) atoms. The van der Waals surface area contributed by atoms with Crippen LogP contribution in [0.5, 0.6) is 0 Å². The average molecular weight is 202 g/mol. The molecule has 2 radical (unpaired) electrons. The van der Waals surface area contributed by atoms with E-state index in [4.69, 9.17) is 13.0 Å². The number of anilines is 1. The minimum atomic E-state index is -1.06. The van der Waals surface area contributed by atoms with Crippen LogP contribution in [0.1, 0.15) is 10.5 Å². The molecule has 0 amide bonds. The number of imidazole rings is 1. The molecule has 2 aromatic rings. The summed E-state index contributed by atoms with van der Waals surface area (Å²) in [4.78, 5) is 18.8. The van der Waals surface area contributed by atoms with E-state index in [1.807, 2.05) is 0 Å².